The molecule has 0 aromatic carbocycles. The summed E-state index contributed by atoms with van der Waals surface area (Å²) < 4.78 is 0. The van der Waals surface area contributed by atoms with Crippen LogP contribution in [-0.4, -0.2) is 11.3 Å². The summed E-state index contributed by atoms with van der Waals surface area (Å²) in [6.45, 7) is 7.57. The quantitative estimate of drug-likeness (QED) is 0.435. The minimum Gasteiger partial charge on any atom is -0.378 e. The fraction of sp³-hybridized carbons (Fsp3) is 0.714. The highest BCUT2D eigenvalue weighted by Gasteiger charge is 2.14. The topological polar surface area (TPSA) is 46.2 Å². The van der Waals surface area contributed by atoms with Crippen LogP contribution >= 0.6 is 0 Å². The predicted octanol–water partition coefficient (Wildman–Crippen LogP) is 0.722. The van der Waals surface area contributed by atoms with E-state index in [-0.39, 0.29) is 5.92 Å². The summed E-state index contributed by atoms with van der Waals surface area (Å²) in [5.41, 5.74) is 5.23. The monoisotopic (exact) mass is 129 g/mol. The Bertz CT molecular complexity index is 80.9. The molecule has 9 heavy (non-hydrogen) atoms. The summed E-state index contributed by atoms with van der Waals surface area (Å²) in [7, 11) is 0. The molecular formula is C7H15NO. The van der Waals surface area contributed by atoms with E-state index in [1.165, 1.54) is 0 Å². The molecule has 54 valence electrons. The van der Waals surface area contributed by atoms with Gasteiger partial charge in [0.1, 0.15) is 6.23 Å². The molecule has 0 rings (SSSR count). The van der Waals surface area contributed by atoms with E-state index in [1.807, 2.05) is 13.8 Å². The summed E-state index contributed by atoms with van der Waals surface area (Å²) in [6, 6.07) is 0. The zero-order valence-electron chi connectivity index (χ0n) is 6.04. The first kappa shape index (κ1) is 8.66. The summed E-state index contributed by atoms with van der Waals surface area (Å²) in [5.74, 6) is 0.382. The van der Waals surface area contributed by atoms with Crippen LogP contribution in [0, 0.1) is 11.8 Å². The summed E-state index contributed by atoms with van der Waals surface area (Å²) >= 11 is 0. The molecule has 2 nitrogen and oxygen atoms in total. The third kappa shape index (κ3) is 2.63. The van der Waals surface area contributed by atoms with Gasteiger partial charge in [-0.05, 0) is 5.92 Å². The molecule has 0 aliphatic heterocycles. The van der Waals surface area contributed by atoms with Crippen LogP contribution in [0.1, 0.15) is 13.8 Å². The summed E-state index contributed by atoms with van der Waals surface area (Å²) in [4.78, 5) is 0. The van der Waals surface area contributed by atoms with Gasteiger partial charge in [0, 0.05) is 5.92 Å². The van der Waals surface area contributed by atoms with E-state index < -0.39 is 6.23 Å². The minimum absolute atomic E-state index is 0.0185. The molecule has 0 aliphatic carbocycles. The van der Waals surface area contributed by atoms with Crippen molar-refractivity contribution in [2.45, 2.75) is 20.1 Å². The van der Waals surface area contributed by atoms with Crippen LogP contribution in [0.4, 0.5) is 0 Å². The Morgan fingerprint density at radius 1 is 1.56 bits per heavy atom. The lowest BCUT2D eigenvalue weighted by Crippen LogP contribution is -2.31. The van der Waals surface area contributed by atoms with Gasteiger partial charge < -0.3 is 10.8 Å². The lowest BCUT2D eigenvalue weighted by molar-refractivity contribution is 0.114. The first-order chi connectivity index (χ1) is 4.09. The lowest BCUT2D eigenvalue weighted by Gasteiger charge is -2.18. The van der Waals surface area contributed by atoms with E-state index in [9.17, 15) is 0 Å². The van der Waals surface area contributed by atoms with E-state index in [0.29, 0.717) is 5.92 Å². The highest BCUT2D eigenvalue weighted by molar-refractivity contribution is 4.84. The van der Waals surface area contributed by atoms with Gasteiger partial charge >= 0.3 is 0 Å². The highest BCUT2D eigenvalue weighted by Crippen LogP contribution is 2.12. The Kier molecular flexibility index (Phi) is 3.50. The fourth-order valence-electron chi connectivity index (χ4n) is 0.806. The van der Waals surface area contributed by atoms with E-state index in [2.05, 4.69) is 6.58 Å². The second-order valence-electron chi connectivity index (χ2n) is 2.55. The molecule has 0 heterocycles. The maximum Gasteiger partial charge on any atom is 0.108 e. The third-order valence-corrected chi connectivity index (χ3v) is 1.44. The third-order valence-electron chi connectivity index (χ3n) is 1.44. The Labute approximate surface area is 56.4 Å². The fourth-order valence-corrected chi connectivity index (χ4v) is 0.806. The van der Waals surface area contributed by atoms with Crippen LogP contribution in [-0.2, 0) is 0 Å². The molecule has 0 amide bonds. The van der Waals surface area contributed by atoms with E-state index in [0.717, 1.165) is 0 Å². The molecule has 0 aliphatic rings. The molecule has 2 heteroatoms. The van der Waals surface area contributed by atoms with Crippen LogP contribution in [0.15, 0.2) is 12.7 Å². The van der Waals surface area contributed by atoms with Gasteiger partial charge in [0.05, 0.1) is 0 Å². The first-order valence-corrected chi connectivity index (χ1v) is 3.15. The van der Waals surface area contributed by atoms with Gasteiger partial charge in [-0.1, -0.05) is 19.9 Å². The molecule has 2 atom stereocenters. The largest absolute Gasteiger partial charge is 0.378 e. The molecule has 3 N–H and O–H groups in total. The van der Waals surface area contributed by atoms with Gasteiger partial charge in [-0.25, -0.2) is 0 Å². The van der Waals surface area contributed by atoms with Crippen molar-refractivity contribution < 1.29 is 5.11 Å². The van der Waals surface area contributed by atoms with Crippen molar-refractivity contribution in [3.8, 4) is 0 Å². The maximum atomic E-state index is 8.89. The Hall–Kier alpha value is -0.340. The summed E-state index contributed by atoms with van der Waals surface area (Å²) in [6.07, 6.45) is 0.928. The van der Waals surface area contributed by atoms with Crippen molar-refractivity contribution in [3.63, 3.8) is 0 Å². The molecule has 2 unspecified atom stereocenters. The number of nitrogens with two attached hydrogens (primary N) is 1. The second-order valence-corrected chi connectivity index (χ2v) is 2.55. The normalized spacial score (nSPS) is 17.4. The first-order valence-electron chi connectivity index (χ1n) is 3.15. The van der Waals surface area contributed by atoms with E-state index >= 15 is 0 Å². The SMILES string of the molecule is C=CC(C(C)C)C(N)O. The van der Waals surface area contributed by atoms with Gasteiger partial charge in [0.25, 0.3) is 0 Å². The molecular weight excluding hydrogens is 114 g/mol. The Balaban J connectivity index is 3.82. The molecule has 0 bridgehead atoms. The van der Waals surface area contributed by atoms with E-state index in [1.54, 1.807) is 6.08 Å². The number of hydrogen-bond donors (Lipinski definition) is 2. The second kappa shape index (κ2) is 3.64. The molecule has 0 saturated heterocycles. The average molecular weight is 129 g/mol. The van der Waals surface area contributed by atoms with Crippen LogP contribution in [0.25, 0.3) is 0 Å². The standard InChI is InChI=1S/C7H15NO/c1-4-6(5(2)3)7(8)9/h4-7,9H,1,8H2,2-3H3. The van der Waals surface area contributed by atoms with Crippen molar-refractivity contribution in [1.82, 2.24) is 0 Å². The molecule has 0 fully saturated rings. The highest BCUT2D eigenvalue weighted by atomic mass is 16.3. The number of hydrogen-bond acceptors (Lipinski definition) is 2. The van der Waals surface area contributed by atoms with Gasteiger partial charge in [0.2, 0.25) is 0 Å². The van der Waals surface area contributed by atoms with Gasteiger partial charge in [0.15, 0.2) is 0 Å². The maximum absolute atomic E-state index is 8.89. The van der Waals surface area contributed by atoms with Crippen molar-refractivity contribution >= 4 is 0 Å². The average Bonchev–Trinajstić information content (AvgIpc) is 1.64. The van der Waals surface area contributed by atoms with Crippen LogP contribution in [0.3, 0.4) is 0 Å². The Morgan fingerprint density at radius 2 is 2.00 bits per heavy atom. The summed E-state index contributed by atoms with van der Waals surface area (Å²) in [5, 5.41) is 8.89. The lowest BCUT2D eigenvalue weighted by atomic mass is 9.95. The molecule has 0 radical (unpaired) electrons. The van der Waals surface area contributed by atoms with Crippen LogP contribution in [0.2, 0.25) is 0 Å². The minimum atomic E-state index is -0.762. The van der Waals surface area contributed by atoms with Crippen LogP contribution < -0.4 is 5.73 Å². The van der Waals surface area contributed by atoms with Gasteiger partial charge in [-0.2, -0.15) is 0 Å². The molecule has 0 spiro atoms. The Morgan fingerprint density at radius 3 is 2.00 bits per heavy atom. The number of rotatable bonds is 3. The predicted molar refractivity (Wildman–Crippen MR) is 38.7 cm³/mol. The van der Waals surface area contributed by atoms with Crippen molar-refractivity contribution in [2.24, 2.45) is 17.6 Å². The van der Waals surface area contributed by atoms with Crippen molar-refractivity contribution in [2.75, 3.05) is 0 Å². The number of aliphatic hydroxyl groups is 1. The van der Waals surface area contributed by atoms with Crippen molar-refractivity contribution in [3.05, 3.63) is 12.7 Å². The smallest absolute Gasteiger partial charge is 0.108 e. The zero-order valence-corrected chi connectivity index (χ0v) is 6.04. The van der Waals surface area contributed by atoms with Crippen molar-refractivity contribution in [1.29, 1.82) is 0 Å². The van der Waals surface area contributed by atoms with Gasteiger partial charge in [-0.15, -0.1) is 6.58 Å². The van der Waals surface area contributed by atoms with Gasteiger partial charge in [-0.3, -0.25) is 0 Å². The van der Waals surface area contributed by atoms with E-state index in [4.69, 9.17) is 10.8 Å². The zero-order chi connectivity index (χ0) is 7.44. The van der Waals surface area contributed by atoms with Crippen LogP contribution in [0.5, 0.6) is 0 Å². The molecule has 0 aromatic rings. The molecule has 0 aromatic heterocycles. The molecule has 0 saturated carbocycles. The number of aliphatic hydroxyl groups excluding tert-OH is 1.